The van der Waals surface area contributed by atoms with Gasteiger partial charge in [-0.05, 0) is 51.2 Å². The maximum absolute atomic E-state index is 13.5. The molecule has 0 aliphatic carbocycles. The number of aliphatic carboxylic acids is 1. The van der Waals surface area contributed by atoms with E-state index in [1.54, 1.807) is 69.3 Å². The Morgan fingerprint density at radius 3 is 1.67 bits per heavy atom. The van der Waals surface area contributed by atoms with E-state index in [-0.39, 0.29) is 32.1 Å². The molecule has 0 radical (unpaired) electrons. The number of carbonyl (C=O) groups excluding carboxylic acids is 3. The lowest BCUT2D eigenvalue weighted by Gasteiger charge is -2.26. The van der Waals surface area contributed by atoms with Crippen LogP contribution in [0.2, 0.25) is 0 Å². The molecular weight excluding hydrogens is 505 g/mol. The summed E-state index contributed by atoms with van der Waals surface area (Å²) in [5.74, 6) is -2.58. The number of ether oxygens (including phenoxy) is 1. The summed E-state index contributed by atoms with van der Waals surface area (Å²) in [5.41, 5.74) is 0.722. The van der Waals surface area contributed by atoms with E-state index in [0.717, 1.165) is 11.1 Å². The first-order valence-corrected chi connectivity index (χ1v) is 13.0. The number of carbonyl (C=O) groups is 4. The predicted octanol–water partition coefficient (Wildman–Crippen LogP) is 3.56. The average Bonchev–Trinajstić information content (AvgIpc) is 2.87. The van der Waals surface area contributed by atoms with Crippen LogP contribution in [0, 0.1) is 0 Å². The lowest BCUT2D eigenvalue weighted by atomic mass is 10.0. The number of halogens is 1. The Morgan fingerprint density at radius 2 is 1.23 bits per heavy atom. The van der Waals surface area contributed by atoms with E-state index in [2.05, 4.69) is 16.0 Å². The molecule has 0 spiro atoms. The maximum atomic E-state index is 13.5. The molecule has 212 valence electrons. The largest absolute Gasteiger partial charge is 0.480 e. The molecule has 0 saturated carbocycles. The number of hydrogen-bond donors (Lipinski definition) is 4. The van der Waals surface area contributed by atoms with Crippen LogP contribution in [0.1, 0.15) is 51.2 Å². The zero-order chi connectivity index (χ0) is 28.8. The maximum Gasteiger partial charge on any atom is 0.408 e. The fraction of sp³-hybridized carbons (Fsp3) is 0.448. The second kappa shape index (κ2) is 15.5. The molecule has 2 rings (SSSR count). The third-order valence-electron chi connectivity index (χ3n) is 5.70. The average molecular weight is 544 g/mol. The van der Waals surface area contributed by atoms with E-state index < -0.39 is 54.3 Å². The summed E-state index contributed by atoms with van der Waals surface area (Å²) < 4.78 is 17.8. The first-order valence-electron chi connectivity index (χ1n) is 13.0. The first-order chi connectivity index (χ1) is 18.5. The fourth-order valence-electron chi connectivity index (χ4n) is 3.81. The second-order valence-electron chi connectivity index (χ2n) is 10.2. The summed E-state index contributed by atoms with van der Waals surface area (Å²) in [6, 6.07) is 14.5. The molecule has 3 atom stereocenters. The van der Waals surface area contributed by atoms with E-state index in [1.165, 1.54) is 0 Å². The molecule has 0 fully saturated rings. The zero-order valence-corrected chi connectivity index (χ0v) is 22.6. The molecule has 0 aliphatic rings. The molecule has 4 N–H and O–H groups in total. The number of alkyl halides is 1. The Bertz CT molecular complexity index is 1080. The van der Waals surface area contributed by atoms with Gasteiger partial charge in [-0.3, -0.25) is 14.0 Å². The van der Waals surface area contributed by atoms with Crippen molar-refractivity contribution in [3.8, 4) is 0 Å². The Hall–Kier alpha value is -3.95. The molecular formula is C29H38FN3O6. The third-order valence-corrected chi connectivity index (χ3v) is 5.70. The number of nitrogens with one attached hydrogen (secondary N) is 3. The third kappa shape index (κ3) is 12.0. The molecule has 0 saturated heterocycles. The van der Waals surface area contributed by atoms with Crippen molar-refractivity contribution in [2.45, 2.75) is 76.6 Å². The minimum absolute atomic E-state index is 0.0494. The van der Waals surface area contributed by atoms with Gasteiger partial charge in [0.15, 0.2) is 0 Å². The number of amides is 3. The Balaban J connectivity index is 2.26. The molecule has 9 nitrogen and oxygen atoms in total. The van der Waals surface area contributed by atoms with Crippen molar-refractivity contribution in [1.29, 1.82) is 0 Å². The normalized spacial score (nSPS) is 13.4. The lowest BCUT2D eigenvalue weighted by Crippen LogP contribution is -2.57. The van der Waals surface area contributed by atoms with Gasteiger partial charge in [0.25, 0.3) is 0 Å². The monoisotopic (exact) mass is 543 g/mol. The van der Waals surface area contributed by atoms with Crippen molar-refractivity contribution in [2.75, 3.05) is 6.67 Å². The van der Waals surface area contributed by atoms with Gasteiger partial charge in [-0.15, -0.1) is 0 Å². The number of rotatable bonds is 14. The van der Waals surface area contributed by atoms with Gasteiger partial charge in [0.1, 0.15) is 23.7 Å². The summed E-state index contributed by atoms with van der Waals surface area (Å²) in [4.78, 5) is 51.0. The molecule has 10 heteroatoms. The van der Waals surface area contributed by atoms with Crippen LogP contribution in [0.3, 0.4) is 0 Å². The van der Waals surface area contributed by atoms with Crippen LogP contribution in [-0.4, -0.2) is 59.4 Å². The van der Waals surface area contributed by atoms with Gasteiger partial charge in [0.05, 0.1) is 6.67 Å². The van der Waals surface area contributed by atoms with E-state index >= 15 is 0 Å². The highest BCUT2D eigenvalue weighted by molar-refractivity contribution is 5.93. The van der Waals surface area contributed by atoms with Crippen molar-refractivity contribution in [3.63, 3.8) is 0 Å². The summed E-state index contributed by atoms with van der Waals surface area (Å²) in [6.07, 6.45) is -0.0643. The molecule has 0 aliphatic heterocycles. The van der Waals surface area contributed by atoms with Gasteiger partial charge in [0, 0.05) is 12.8 Å². The number of carboxylic acid groups (broad SMARTS) is 1. The molecule has 0 bridgehead atoms. The smallest absolute Gasteiger partial charge is 0.408 e. The highest BCUT2D eigenvalue weighted by atomic mass is 19.1. The van der Waals surface area contributed by atoms with Crippen molar-refractivity contribution in [1.82, 2.24) is 16.0 Å². The molecule has 0 aromatic heterocycles. The van der Waals surface area contributed by atoms with Crippen molar-refractivity contribution in [3.05, 3.63) is 71.8 Å². The summed E-state index contributed by atoms with van der Waals surface area (Å²) >= 11 is 0. The molecule has 2 aromatic carbocycles. The first kappa shape index (κ1) is 31.3. The highest BCUT2D eigenvalue weighted by Gasteiger charge is 2.30. The van der Waals surface area contributed by atoms with Gasteiger partial charge in [-0.1, -0.05) is 60.7 Å². The van der Waals surface area contributed by atoms with Gasteiger partial charge < -0.3 is 25.8 Å². The Morgan fingerprint density at radius 1 is 0.769 bits per heavy atom. The van der Waals surface area contributed by atoms with Crippen LogP contribution in [0.15, 0.2) is 60.7 Å². The summed E-state index contributed by atoms with van der Waals surface area (Å²) in [5, 5.41) is 17.3. The molecule has 39 heavy (non-hydrogen) atoms. The Kier molecular flexibility index (Phi) is 12.4. The van der Waals surface area contributed by atoms with Crippen LogP contribution in [-0.2, 0) is 32.0 Å². The van der Waals surface area contributed by atoms with Gasteiger partial charge in [0.2, 0.25) is 11.8 Å². The molecule has 0 heterocycles. The molecule has 1 unspecified atom stereocenters. The lowest BCUT2D eigenvalue weighted by molar-refractivity contribution is -0.142. The molecule has 2 aromatic rings. The van der Waals surface area contributed by atoms with E-state index in [9.17, 15) is 28.7 Å². The Labute approximate surface area is 228 Å². The summed E-state index contributed by atoms with van der Waals surface area (Å²) in [6.45, 7) is 4.52. The fourth-order valence-corrected chi connectivity index (χ4v) is 3.81. The number of unbranched alkanes of at least 4 members (excludes halogenated alkanes) is 1. The number of hydrogen-bond acceptors (Lipinski definition) is 5. The van der Waals surface area contributed by atoms with Crippen molar-refractivity contribution in [2.24, 2.45) is 0 Å². The number of alkyl carbamates (subject to hydrolysis) is 1. The van der Waals surface area contributed by atoms with E-state index in [4.69, 9.17) is 4.74 Å². The minimum Gasteiger partial charge on any atom is -0.480 e. The minimum atomic E-state index is -1.25. The van der Waals surface area contributed by atoms with Crippen LogP contribution in [0.4, 0.5) is 9.18 Å². The predicted molar refractivity (Wildman–Crippen MR) is 145 cm³/mol. The van der Waals surface area contributed by atoms with Crippen LogP contribution >= 0.6 is 0 Å². The van der Waals surface area contributed by atoms with Crippen molar-refractivity contribution >= 4 is 23.9 Å². The SMILES string of the molecule is CC(C)(C)OC(=O)N[C@H](Cc1ccccc1)C(=O)N[C@H](Cc1ccccc1)C(=O)NC(CCCCF)C(=O)O. The van der Waals surface area contributed by atoms with Gasteiger partial charge in [-0.2, -0.15) is 0 Å². The van der Waals surface area contributed by atoms with Crippen molar-refractivity contribution < 1.29 is 33.4 Å². The van der Waals surface area contributed by atoms with Crippen LogP contribution in [0.5, 0.6) is 0 Å². The number of carboxylic acids is 1. The second-order valence-corrected chi connectivity index (χ2v) is 10.2. The van der Waals surface area contributed by atoms with Crippen LogP contribution < -0.4 is 16.0 Å². The number of benzene rings is 2. The highest BCUT2D eigenvalue weighted by Crippen LogP contribution is 2.11. The molecule has 3 amide bonds. The van der Waals surface area contributed by atoms with E-state index in [1.807, 2.05) is 12.1 Å². The van der Waals surface area contributed by atoms with Gasteiger partial charge >= 0.3 is 12.1 Å². The zero-order valence-electron chi connectivity index (χ0n) is 22.6. The van der Waals surface area contributed by atoms with E-state index in [0.29, 0.717) is 0 Å². The summed E-state index contributed by atoms with van der Waals surface area (Å²) in [7, 11) is 0. The van der Waals surface area contributed by atoms with Crippen LogP contribution in [0.25, 0.3) is 0 Å². The standard InChI is InChI=1S/C29H38FN3O6/c1-29(2,3)39-28(38)33-24(19-21-14-8-5-9-15-21)26(35)32-23(18-20-12-6-4-7-13-20)25(34)31-22(27(36)37)16-10-11-17-30/h4-9,12-15,22-24H,10-11,16-19H2,1-3H3,(H,31,34)(H,32,35)(H,33,38)(H,36,37)/t22?,23-,24-/m1/s1. The van der Waals surface area contributed by atoms with Gasteiger partial charge in [-0.25, -0.2) is 9.59 Å². The topological polar surface area (TPSA) is 134 Å². The quantitative estimate of drug-likeness (QED) is 0.269.